The molecule has 1 amide bonds. The first kappa shape index (κ1) is 17.6. The summed E-state index contributed by atoms with van der Waals surface area (Å²) in [5, 5.41) is 6.03. The van der Waals surface area contributed by atoms with Gasteiger partial charge in [-0.1, -0.05) is 36.4 Å². The number of carbonyl (C=O) groups is 1. The number of halogens is 1. The normalized spacial score (nSPS) is 11.0. The standard InChI is InChI=1S/C21H19FN2O2/c1-2-26-20-12-9-16(18-5-3-4-6-19(18)20)14-23-24-21(25)13-15-7-10-17(22)11-8-15/h3-12,14H,2,13H2,1H3,(H,24,25)/b23-14+. The number of hydrogen-bond donors (Lipinski definition) is 1. The summed E-state index contributed by atoms with van der Waals surface area (Å²) < 4.78 is 18.5. The molecule has 0 aliphatic carbocycles. The minimum atomic E-state index is -0.324. The monoisotopic (exact) mass is 350 g/mol. The Bertz CT molecular complexity index is 936. The van der Waals surface area contributed by atoms with E-state index in [1.807, 2.05) is 43.3 Å². The molecular weight excluding hydrogens is 331 g/mol. The molecule has 0 heterocycles. The summed E-state index contributed by atoms with van der Waals surface area (Å²) in [5.41, 5.74) is 4.11. The van der Waals surface area contributed by atoms with Crippen LogP contribution in [0.4, 0.5) is 4.39 Å². The van der Waals surface area contributed by atoms with E-state index in [2.05, 4.69) is 10.5 Å². The Morgan fingerprint density at radius 2 is 1.81 bits per heavy atom. The zero-order chi connectivity index (χ0) is 18.4. The van der Waals surface area contributed by atoms with Gasteiger partial charge in [-0.2, -0.15) is 5.10 Å². The van der Waals surface area contributed by atoms with Gasteiger partial charge < -0.3 is 4.74 Å². The number of rotatable bonds is 6. The number of amides is 1. The van der Waals surface area contributed by atoms with Crippen LogP contribution >= 0.6 is 0 Å². The van der Waals surface area contributed by atoms with Crippen LogP contribution in [-0.2, 0) is 11.2 Å². The summed E-state index contributed by atoms with van der Waals surface area (Å²) in [7, 11) is 0. The number of hydrogen-bond acceptors (Lipinski definition) is 3. The Kier molecular flexibility index (Phi) is 5.59. The molecule has 1 N–H and O–H groups in total. The quantitative estimate of drug-likeness (QED) is 0.538. The van der Waals surface area contributed by atoms with Crippen molar-refractivity contribution in [3.8, 4) is 5.75 Å². The van der Waals surface area contributed by atoms with Gasteiger partial charge in [0.1, 0.15) is 11.6 Å². The average molecular weight is 350 g/mol. The van der Waals surface area contributed by atoms with Crippen molar-refractivity contribution in [3.63, 3.8) is 0 Å². The largest absolute Gasteiger partial charge is 0.493 e. The van der Waals surface area contributed by atoms with Crippen LogP contribution in [0.15, 0.2) is 65.8 Å². The van der Waals surface area contributed by atoms with E-state index in [1.165, 1.54) is 12.1 Å². The number of nitrogens with zero attached hydrogens (tertiary/aromatic N) is 1. The van der Waals surface area contributed by atoms with Crippen molar-refractivity contribution in [2.75, 3.05) is 6.61 Å². The van der Waals surface area contributed by atoms with Crippen LogP contribution in [0, 0.1) is 5.82 Å². The van der Waals surface area contributed by atoms with Crippen LogP contribution in [0.3, 0.4) is 0 Å². The molecule has 5 heteroatoms. The molecule has 3 rings (SSSR count). The van der Waals surface area contributed by atoms with E-state index in [1.54, 1.807) is 18.3 Å². The van der Waals surface area contributed by atoms with E-state index in [-0.39, 0.29) is 18.1 Å². The van der Waals surface area contributed by atoms with E-state index >= 15 is 0 Å². The van der Waals surface area contributed by atoms with Gasteiger partial charge in [0, 0.05) is 10.9 Å². The Labute approximate surface area is 151 Å². The molecule has 132 valence electrons. The van der Waals surface area contributed by atoms with Crippen LogP contribution in [0.2, 0.25) is 0 Å². The second-order valence-electron chi connectivity index (χ2n) is 5.73. The summed E-state index contributed by atoms with van der Waals surface area (Å²) in [4.78, 5) is 12.0. The van der Waals surface area contributed by atoms with Crippen LogP contribution in [-0.4, -0.2) is 18.7 Å². The molecule has 0 aromatic heterocycles. The smallest absolute Gasteiger partial charge is 0.244 e. The lowest BCUT2D eigenvalue weighted by Crippen LogP contribution is -2.19. The molecule has 3 aromatic rings. The van der Waals surface area contributed by atoms with Gasteiger partial charge in [0.2, 0.25) is 5.91 Å². The Hall–Kier alpha value is -3.21. The average Bonchev–Trinajstić information content (AvgIpc) is 2.65. The first-order valence-electron chi connectivity index (χ1n) is 8.38. The molecular formula is C21H19FN2O2. The predicted octanol–water partition coefficient (Wildman–Crippen LogP) is 4.07. The van der Waals surface area contributed by atoms with Gasteiger partial charge in [-0.15, -0.1) is 0 Å². The number of benzene rings is 3. The molecule has 0 aliphatic rings. The zero-order valence-electron chi connectivity index (χ0n) is 14.4. The Morgan fingerprint density at radius 3 is 2.54 bits per heavy atom. The number of nitrogens with one attached hydrogen (secondary N) is 1. The second-order valence-corrected chi connectivity index (χ2v) is 5.73. The van der Waals surface area contributed by atoms with Crippen molar-refractivity contribution in [1.82, 2.24) is 5.43 Å². The van der Waals surface area contributed by atoms with Crippen molar-refractivity contribution < 1.29 is 13.9 Å². The second kappa shape index (κ2) is 8.25. The minimum Gasteiger partial charge on any atom is -0.493 e. The highest BCUT2D eigenvalue weighted by atomic mass is 19.1. The van der Waals surface area contributed by atoms with Gasteiger partial charge in [-0.3, -0.25) is 4.79 Å². The highest BCUT2D eigenvalue weighted by Gasteiger charge is 2.06. The van der Waals surface area contributed by atoms with Gasteiger partial charge >= 0.3 is 0 Å². The summed E-state index contributed by atoms with van der Waals surface area (Å²) >= 11 is 0. The highest BCUT2D eigenvalue weighted by Crippen LogP contribution is 2.27. The van der Waals surface area contributed by atoms with Gasteiger partial charge in [0.15, 0.2) is 0 Å². The van der Waals surface area contributed by atoms with Gasteiger partial charge in [-0.25, -0.2) is 9.82 Å². The third-order valence-electron chi connectivity index (χ3n) is 3.89. The van der Waals surface area contributed by atoms with E-state index in [4.69, 9.17) is 4.74 Å². The van der Waals surface area contributed by atoms with Gasteiger partial charge in [0.05, 0.1) is 19.2 Å². The first-order chi connectivity index (χ1) is 12.7. The molecule has 0 saturated heterocycles. The molecule has 0 atom stereocenters. The van der Waals surface area contributed by atoms with Crippen LogP contribution < -0.4 is 10.2 Å². The lowest BCUT2D eigenvalue weighted by molar-refractivity contribution is -0.120. The summed E-state index contributed by atoms with van der Waals surface area (Å²) in [5.74, 6) is 0.234. The summed E-state index contributed by atoms with van der Waals surface area (Å²) in [6, 6.07) is 17.5. The fraction of sp³-hybridized carbons (Fsp3) is 0.143. The third kappa shape index (κ3) is 4.25. The molecule has 0 spiro atoms. The fourth-order valence-electron chi connectivity index (χ4n) is 2.69. The van der Waals surface area contributed by atoms with Crippen LogP contribution in [0.1, 0.15) is 18.1 Å². The number of carbonyl (C=O) groups excluding carboxylic acids is 1. The number of ether oxygens (including phenoxy) is 1. The SMILES string of the molecule is CCOc1ccc(/C=N/NC(=O)Cc2ccc(F)cc2)c2ccccc12. The molecule has 0 unspecified atom stereocenters. The van der Waals surface area contributed by atoms with Gasteiger partial charge in [-0.05, 0) is 42.1 Å². The molecule has 26 heavy (non-hydrogen) atoms. The highest BCUT2D eigenvalue weighted by molar-refractivity contribution is 6.02. The van der Waals surface area contributed by atoms with Crippen molar-refractivity contribution in [1.29, 1.82) is 0 Å². The third-order valence-corrected chi connectivity index (χ3v) is 3.89. The minimum absolute atomic E-state index is 0.141. The Balaban J connectivity index is 1.71. The molecule has 0 bridgehead atoms. The van der Waals surface area contributed by atoms with Crippen molar-refractivity contribution in [3.05, 3.63) is 77.6 Å². The summed E-state index contributed by atoms with van der Waals surface area (Å²) in [6.07, 6.45) is 1.75. The molecule has 0 saturated carbocycles. The summed E-state index contributed by atoms with van der Waals surface area (Å²) in [6.45, 7) is 2.54. The number of fused-ring (bicyclic) bond motifs is 1. The lowest BCUT2D eigenvalue weighted by atomic mass is 10.0. The maximum absolute atomic E-state index is 12.9. The first-order valence-corrected chi connectivity index (χ1v) is 8.38. The zero-order valence-corrected chi connectivity index (χ0v) is 14.4. The maximum atomic E-state index is 12.9. The van der Waals surface area contributed by atoms with E-state index in [0.717, 1.165) is 27.6 Å². The fourth-order valence-corrected chi connectivity index (χ4v) is 2.69. The van der Waals surface area contributed by atoms with Crippen molar-refractivity contribution >= 4 is 22.9 Å². The maximum Gasteiger partial charge on any atom is 0.244 e. The molecule has 0 radical (unpaired) electrons. The predicted molar refractivity (Wildman–Crippen MR) is 101 cm³/mol. The number of hydrazone groups is 1. The van der Waals surface area contributed by atoms with Crippen molar-refractivity contribution in [2.24, 2.45) is 5.10 Å². The van der Waals surface area contributed by atoms with Gasteiger partial charge in [0.25, 0.3) is 0 Å². The van der Waals surface area contributed by atoms with Crippen LogP contribution in [0.5, 0.6) is 5.75 Å². The molecule has 4 nitrogen and oxygen atoms in total. The van der Waals surface area contributed by atoms with E-state index in [9.17, 15) is 9.18 Å². The van der Waals surface area contributed by atoms with Crippen LogP contribution in [0.25, 0.3) is 10.8 Å². The van der Waals surface area contributed by atoms with Crippen molar-refractivity contribution in [2.45, 2.75) is 13.3 Å². The lowest BCUT2D eigenvalue weighted by Gasteiger charge is -2.09. The molecule has 0 aliphatic heterocycles. The topological polar surface area (TPSA) is 50.7 Å². The Morgan fingerprint density at radius 1 is 1.08 bits per heavy atom. The van der Waals surface area contributed by atoms with E-state index < -0.39 is 0 Å². The molecule has 0 fully saturated rings. The van der Waals surface area contributed by atoms with E-state index in [0.29, 0.717) is 6.61 Å². The molecule has 3 aromatic carbocycles.